The molecule has 1 saturated heterocycles. The second-order valence-electron chi connectivity index (χ2n) is 5.86. The van der Waals surface area contributed by atoms with E-state index in [1.54, 1.807) is 30.0 Å². The number of halogens is 1. The third-order valence-corrected chi connectivity index (χ3v) is 4.12. The van der Waals surface area contributed by atoms with Gasteiger partial charge in [-0.05, 0) is 47.5 Å². The number of benzene rings is 1. The third-order valence-electron chi connectivity index (χ3n) is 4.12. The normalized spacial score (nSPS) is 17.8. The molecule has 2 amide bonds. The highest BCUT2D eigenvalue weighted by Gasteiger charge is 2.32. The van der Waals surface area contributed by atoms with Crippen LogP contribution in [0.25, 0.3) is 11.8 Å². The summed E-state index contributed by atoms with van der Waals surface area (Å²) in [6, 6.07) is 5.72. The number of nitrogens with two attached hydrogens (primary N) is 1. The topological polar surface area (TPSA) is 107 Å². The molecule has 0 radical (unpaired) electrons. The minimum atomic E-state index is -0.419. The Morgan fingerprint density at radius 3 is 2.60 bits per heavy atom. The van der Waals surface area contributed by atoms with E-state index in [4.69, 9.17) is 5.73 Å². The molecule has 0 spiro atoms. The highest BCUT2D eigenvalue weighted by molar-refractivity contribution is 6.18. The Hall–Kier alpha value is -3.10. The number of rotatable bonds is 4. The molecule has 1 aromatic heterocycles. The van der Waals surface area contributed by atoms with E-state index in [0.29, 0.717) is 24.4 Å². The molecule has 0 bridgehead atoms. The summed E-state index contributed by atoms with van der Waals surface area (Å²) >= 11 is 0. The van der Waals surface area contributed by atoms with Crippen molar-refractivity contribution in [2.24, 2.45) is 11.7 Å². The summed E-state index contributed by atoms with van der Waals surface area (Å²) in [5.41, 5.74) is 6.18. The van der Waals surface area contributed by atoms with Crippen LogP contribution in [0.5, 0.6) is 0 Å². The first-order valence-electron chi connectivity index (χ1n) is 7.77. The molecular formula is C16H17FN6O2. The average molecular weight is 344 g/mol. The molecule has 3 rings (SSSR count). The summed E-state index contributed by atoms with van der Waals surface area (Å²) in [7, 11) is 0. The number of hydrogen-bond donors (Lipinski definition) is 1. The van der Waals surface area contributed by atoms with Crippen molar-refractivity contribution in [2.45, 2.75) is 13.3 Å². The summed E-state index contributed by atoms with van der Waals surface area (Å²) < 4.78 is 14.4. The zero-order valence-corrected chi connectivity index (χ0v) is 13.6. The van der Waals surface area contributed by atoms with E-state index in [9.17, 15) is 14.0 Å². The quantitative estimate of drug-likeness (QED) is 0.811. The van der Waals surface area contributed by atoms with Gasteiger partial charge in [-0.15, -0.1) is 5.10 Å². The second kappa shape index (κ2) is 6.80. The van der Waals surface area contributed by atoms with Crippen molar-refractivity contribution in [2.75, 3.05) is 13.1 Å². The number of hydrogen-bond acceptors (Lipinski definition) is 5. The fourth-order valence-electron chi connectivity index (χ4n) is 2.72. The van der Waals surface area contributed by atoms with Crippen molar-refractivity contribution in [3.8, 4) is 0 Å². The largest absolute Gasteiger partial charge is 0.369 e. The van der Waals surface area contributed by atoms with E-state index in [1.807, 2.05) is 0 Å². The maximum atomic E-state index is 13.1. The first kappa shape index (κ1) is 16.7. The summed E-state index contributed by atoms with van der Waals surface area (Å²) in [5.74, 6) is -1.02. The predicted molar refractivity (Wildman–Crippen MR) is 87.0 cm³/mol. The van der Waals surface area contributed by atoms with E-state index in [1.165, 1.54) is 16.8 Å². The van der Waals surface area contributed by atoms with Gasteiger partial charge in [0.15, 0.2) is 5.82 Å². The van der Waals surface area contributed by atoms with E-state index in [-0.39, 0.29) is 29.9 Å². The van der Waals surface area contributed by atoms with Gasteiger partial charge < -0.3 is 10.6 Å². The second-order valence-corrected chi connectivity index (χ2v) is 5.86. The highest BCUT2D eigenvalue weighted by atomic mass is 19.1. The molecule has 2 aromatic rings. The minimum absolute atomic E-state index is 0.222. The lowest BCUT2D eigenvalue weighted by atomic mass is 10.1. The van der Waals surface area contributed by atoms with Crippen LogP contribution in [-0.2, 0) is 9.59 Å². The van der Waals surface area contributed by atoms with Crippen molar-refractivity contribution < 1.29 is 14.0 Å². The Balaban J connectivity index is 1.95. The predicted octanol–water partition coefficient (Wildman–Crippen LogP) is 0.453. The summed E-state index contributed by atoms with van der Waals surface area (Å²) in [6.45, 7) is 2.35. The molecule has 9 heteroatoms. The van der Waals surface area contributed by atoms with Crippen LogP contribution >= 0.6 is 0 Å². The summed E-state index contributed by atoms with van der Waals surface area (Å²) in [6.07, 6.45) is 2.11. The molecule has 0 aliphatic carbocycles. The molecule has 1 aromatic carbocycles. The zero-order chi connectivity index (χ0) is 18.0. The van der Waals surface area contributed by atoms with Crippen molar-refractivity contribution >= 4 is 23.6 Å². The van der Waals surface area contributed by atoms with Gasteiger partial charge in [0.1, 0.15) is 11.5 Å². The lowest BCUT2D eigenvalue weighted by Gasteiger charge is -2.18. The van der Waals surface area contributed by atoms with Crippen LogP contribution in [0.4, 0.5) is 4.39 Å². The Morgan fingerprint density at radius 1 is 1.32 bits per heavy atom. The van der Waals surface area contributed by atoms with Gasteiger partial charge in [0.2, 0.25) is 5.91 Å². The maximum absolute atomic E-state index is 13.1. The van der Waals surface area contributed by atoms with Gasteiger partial charge in [0.05, 0.1) is 5.92 Å². The third kappa shape index (κ3) is 3.54. The van der Waals surface area contributed by atoms with Gasteiger partial charge >= 0.3 is 0 Å². The van der Waals surface area contributed by atoms with Crippen molar-refractivity contribution in [3.63, 3.8) is 0 Å². The van der Waals surface area contributed by atoms with Crippen LogP contribution in [0.15, 0.2) is 24.3 Å². The molecule has 2 N–H and O–H groups in total. The SMILES string of the molecule is Cc1nnnn1C(=Cc1ccc(F)cc1)C(=O)N1CCC(C(N)=O)C1. The van der Waals surface area contributed by atoms with Crippen LogP contribution in [0.3, 0.4) is 0 Å². The maximum Gasteiger partial charge on any atom is 0.272 e. The van der Waals surface area contributed by atoms with Crippen LogP contribution in [0, 0.1) is 18.7 Å². The Morgan fingerprint density at radius 2 is 2.04 bits per heavy atom. The van der Waals surface area contributed by atoms with Crippen LogP contribution in [0.1, 0.15) is 17.8 Å². The number of carbonyl (C=O) groups excluding carboxylic acids is 2. The fraction of sp³-hybridized carbons (Fsp3) is 0.312. The Kier molecular flexibility index (Phi) is 4.55. The molecule has 1 atom stereocenters. The lowest BCUT2D eigenvalue weighted by Crippen LogP contribution is -2.33. The number of aromatic nitrogens is 4. The van der Waals surface area contributed by atoms with Gasteiger partial charge in [-0.1, -0.05) is 12.1 Å². The summed E-state index contributed by atoms with van der Waals surface area (Å²) in [4.78, 5) is 25.8. The van der Waals surface area contributed by atoms with Crippen LogP contribution in [-0.4, -0.2) is 50.0 Å². The number of carbonyl (C=O) groups is 2. The molecule has 0 saturated carbocycles. The van der Waals surface area contributed by atoms with Crippen molar-refractivity contribution in [1.82, 2.24) is 25.1 Å². The van der Waals surface area contributed by atoms with E-state index >= 15 is 0 Å². The number of primary amides is 1. The zero-order valence-electron chi connectivity index (χ0n) is 13.6. The van der Waals surface area contributed by atoms with Gasteiger partial charge in [-0.3, -0.25) is 9.59 Å². The molecule has 1 aliphatic heterocycles. The average Bonchev–Trinajstić information content (AvgIpc) is 3.23. The molecule has 2 heterocycles. The number of tetrazole rings is 1. The smallest absolute Gasteiger partial charge is 0.272 e. The number of likely N-dealkylation sites (tertiary alicyclic amines) is 1. The molecule has 1 fully saturated rings. The molecule has 8 nitrogen and oxygen atoms in total. The fourth-order valence-corrected chi connectivity index (χ4v) is 2.72. The highest BCUT2D eigenvalue weighted by Crippen LogP contribution is 2.21. The van der Waals surface area contributed by atoms with Gasteiger partial charge in [0.25, 0.3) is 5.91 Å². The van der Waals surface area contributed by atoms with Crippen molar-refractivity contribution in [3.05, 3.63) is 41.5 Å². The number of amides is 2. The molecule has 25 heavy (non-hydrogen) atoms. The molecular weight excluding hydrogens is 327 g/mol. The Bertz CT molecular complexity index is 829. The van der Waals surface area contributed by atoms with Gasteiger partial charge in [-0.25, -0.2) is 4.39 Å². The van der Waals surface area contributed by atoms with E-state index in [0.717, 1.165) is 0 Å². The number of aryl methyl sites for hydroxylation is 1. The molecule has 1 unspecified atom stereocenters. The van der Waals surface area contributed by atoms with E-state index < -0.39 is 5.91 Å². The number of nitrogens with zero attached hydrogens (tertiary/aromatic N) is 5. The first-order chi connectivity index (χ1) is 12.0. The molecule has 130 valence electrons. The standard InChI is InChI=1S/C16H17FN6O2/c1-10-19-20-21-23(10)14(8-11-2-4-13(17)5-3-11)16(25)22-7-6-12(9-22)15(18)24/h2-5,8,12H,6-7,9H2,1H3,(H2,18,24). The monoisotopic (exact) mass is 344 g/mol. The van der Waals surface area contributed by atoms with Gasteiger partial charge in [0, 0.05) is 13.1 Å². The van der Waals surface area contributed by atoms with Crippen LogP contribution in [0.2, 0.25) is 0 Å². The first-order valence-corrected chi connectivity index (χ1v) is 7.77. The Labute approximate surface area is 143 Å². The van der Waals surface area contributed by atoms with Gasteiger partial charge in [-0.2, -0.15) is 4.68 Å². The lowest BCUT2D eigenvalue weighted by molar-refractivity contribution is -0.125. The van der Waals surface area contributed by atoms with Crippen molar-refractivity contribution in [1.29, 1.82) is 0 Å². The molecule has 1 aliphatic rings. The van der Waals surface area contributed by atoms with Crippen LogP contribution < -0.4 is 5.73 Å². The van der Waals surface area contributed by atoms with E-state index in [2.05, 4.69) is 15.5 Å². The summed E-state index contributed by atoms with van der Waals surface area (Å²) in [5, 5.41) is 11.2. The minimum Gasteiger partial charge on any atom is -0.369 e.